The first-order chi connectivity index (χ1) is 4.87. The number of hydrogen-bond acceptors (Lipinski definition) is 1. The number of hydrogen-bond donors (Lipinski definition) is 1. The van der Waals surface area contributed by atoms with Crippen LogP contribution in [0.4, 0.5) is 0 Å². The van der Waals surface area contributed by atoms with Crippen molar-refractivity contribution in [2.24, 2.45) is 11.3 Å². The Balaban J connectivity index is 2.55. The first kappa shape index (κ1) is 9.05. The lowest BCUT2D eigenvalue weighted by atomic mass is 9.56. The van der Waals surface area contributed by atoms with Gasteiger partial charge in [-0.2, -0.15) is 0 Å². The Bertz CT molecular complexity index is 149. The summed E-state index contributed by atoms with van der Waals surface area (Å²) in [6.45, 7) is 8.68. The molecule has 0 saturated heterocycles. The first-order valence-electron chi connectivity index (χ1n) is 4.60. The Morgan fingerprint density at radius 3 is 1.91 bits per heavy atom. The molecule has 0 aromatic carbocycles. The highest BCUT2D eigenvalue weighted by Crippen LogP contribution is 2.52. The highest BCUT2D eigenvalue weighted by Gasteiger charge is 2.51. The lowest BCUT2D eigenvalue weighted by Gasteiger charge is -2.53. The van der Waals surface area contributed by atoms with Gasteiger partial charge in [0.25, 0.3) is 0 Å². The minimum Gasteiger partial charge on any atom is -0.389 e. The molecule has 0 aromatic heterocycles. The van der Waals surface area contributed by atoms with Crippen LogP contribution in [-0.4, -0.2) is 10.7 Å². The molecule has 0 aromatic rings. The van der Waals surface area contributed by atoms with Gasteiger partial charge in [-0.3, -0.25) is 0 Å². The van der Waals surface area contributed by atoms with Crippen LogP contribution >= 0.6 is 0 Å². The zero-order chi connectivity index (χ0) is 8.70. The second-order valence-electron chi connectivity index (χ2n) is 5.01. The van der Waals surface area contributed by atoms with Gasteiger partial charge in [-0.25, -0.2) is 0 Å². The minimum absolute atomic E-state index is 0.164. The van der Waals surface area contributed by atoms with E-state index in [1.54, 1.807) is 0 Å². The van der Waals surface area contributed by atoms with Crippen LogP contribution in [0.3, 0.4) is 0 Å². The molecule has 0 spiro atoms. The van der Waals surface area contributed by atoms with Gasteiger partial charge >= 0.3 is 0 Å². The summed E-state index contributed by atoms with van der Waals surface area (Å²) in [5.41, 5.74) is -0.196. The van der Waals surface area contributed by atoms with E-state index < -0.39 is 0 Å². The minimum atomic E-state index is -0.360. The largest absolute Gasteiger partial charge is 0.389 e. The van der Waals surface area contributed by atoms with Crippen molar-refractivity contribution in [3.8, 4) is 0 Å². The van der Waals surface area contributed by atoms with E-state index in [2.05, 4.69) is 27.7 Å². The van der Waals surface area contributed by atoms with E-state index in [1.807, 2.05) is 0 Å². The van der Waals surface area contributed by atoms with Gasteiger partial charge in [-0.15, -0.1) is 0 Å². The summed E-state index contributed by atoms with van der Waals surface area (Å²) >= 11 is 0. The topological polar surface area (TPSA) is 20.2 Å². The molecule has 0 heterocycles. The van der Waals surface area contributed by atoms with Crippen LogP contribution in [0.1, 0.15) is 47.0 Å². The summed E-state index contributed by atoms with van der Waals surface area (Å²) in [6.07, 6.45) is 3.13. The van der Waals surface area contributed by atoms with Crippen LogP contribution in [0, 0.1) is 11.3 Å². The predicted molar refractivity (Wildman–Crippen MR) is 47.4 cm³/mol. The summed E-state index contributed by atoms with van der Waals surface area (Å²) < 4.78 is 0. The molecule has 0 bridgehead atoms. The molecule has 1 aliphatic carbocycles. The maximum absolute atomic E-state index is 10.1. The fourth-order valence-electron chi connectivity index (χ4n) is 1.97. The average Bonchev–Trinajstić information content (AvgIpc) is 1.84. The van der Waals surface area contributed by atoms with Crippen molar-refractivity contribution in [1.82, 2.24) is 0 Å². The third-order valence-electron chi connectivity index (χ3n) is 3.17. The molecule has 1 rings (SSSR count). The lowest BCUT2D eigenvalue weighted by molar-refractivity contribution is -0.158. The van der Waals surface area contributed by atoms with Crippen molar-refractivity contribution in [3.63, 3.8) is 0 Å². The van der Waals surface area contributed by atoms with Gasteiger partial charge in [0, 0.05) is 0 Å². The fourth-order valence-corrected chi connectivity index (χ4v) is 1.97. The maximum Gasteiger partial charge on any atom is 0.0701 e. The van der Waals surface area contributed by atoms with Gasteiger partial charge in [0.1, 0.15) is 0 Å². The van der Waals surface area contributed by atoms with Gasteiger partial charge in [0.2, 0.25) is 0 Å². The standard InChI is InChI=1S/C10H20O/c1-8(2)7-10(11)6-5-9(10,3)4/h8,11H,5-7H2,1-4H3. The van der Waals surface area contributed by atoms with Crippen LogP contribution < -0.4 is 0 Å². The van der Waals surface area contributed by atoms with Gasteiger partial charge in [-0.05, 0) is 30.6 Å². The van der Waals surface area contributed by atoms with Gasteiger partial charge in [0.05, 0.1) is 5.60 Å². The van der Waals surface area contributed by atoms with E-state index in [1.165, 1.54) is 6.42 Å². The van der Waals surface area contributed by atoms with Crippen molar-refractivity contribution < 1.29 is 5.11 Å². The summed E-state index contributed by atoms with van der Waals surface area (Å²) in [4.78, 5) is 0. The predicted octanol–water partition coefficient (Wildman–Crippen LogP) is 2.58. The average molecular weight is 156 g/mol. The van der Waals surface area contributed by atoms with Crippen molar-refractivity contribution in [2.75, 3.05) is 0 Å². The summed E-state index contributed by atoms with van der Waals surface area (Å²) in [5.74, 6) is 0.611. The van der Waals surface area contributed by atoms with Crippen LogP contribution in [0.2, 0.25) is 0 Å². The van der Waals surface area contributed by atoms with Crippen molar-refractivity contribution in [2.45, 2.75) is 52.6 Å². The Hall–Kier alpha value is -0.0400. The molecular weight excluding hydrogens is 136 g/mol. The summed E-state index contributed by atoms with van der Waals surface area (Å²) in [5, 5.41) is 10.1. The van der Waals surface area contributed by atoms with Gasteiger partial charge in [0.15, 0.2) is 0 Å². The molecule has 1 fully saturated rings. The molecule has 1 nitrogen and oxygen atoms in total. The normalized spacial score (nSPS) is 35.5. The molecule has 1 heteroatoms. The van der Waals surface area contributed by atoms with Crippen LogP contribution in [0.25, 0.3) is 0 Å². The second-order valence-corrected chi connectivity index (χ2v) is 5.01. The molecule has 0 amide bonds. The highest BCUT2D eigenvalue weighted by molar-refractivity contribution is 5.02. The molecule has 66 valence electrons. The Morgan fingerprint density at radius 2 is 1.82 bits per heavy atom. The smallest absolute Gasteiger partial charge is 0.0701 e. The van der Waals surface area contributed by atoms with E-state index in [9.17, 15) is 5.11 Å². The quantitative estimate of drug-likeness (QED) is 0.651. The Labute approximate surface area is 69.8 Å². The van der Waals surface area contributed by atoms with Crippen LogP contribution in [0.15, 0.2) is 0 Å². The second kappa shape index (κ2) is 2.48. The Morgan fingerprint density at radius 1 is 1.27 bits per heavy atom. The van der Waals surface area contributed by atoms with Crippen molar-refractivity contribution in [1.29, 1.82) is 0 Å². The number of rotatable bonds is 2. The maximum atomic E-state index is 10.1. The fraction of sp³-hybridized carbons (Fsp3) is 1.00. The van der Waals surface area contributed by atoms with E-state index in [0.717, 1.165) is 12.8 Å². The SMILES string of the molecule is CC(C)CC1(O)CCC1(C)C. The number of aliphatic hydroxyl groups is 1. The molecule has 0 aliphatic heterocycles. The van der Waals surface area contributed by atoms with Crippen LogP contribution in [-0.2, 0) is 0 Å². The van der Waals surface area contributed by atoms with Crippen LogP contribution in [0.5, 0.6) is 0 Å². The van der Waals surface area contributed by atoms with Crippen molar-refractivity contribution in [3.05, 3.63) is 0 Å². The third kappa shape index (κ3) is 1.44. The third-order valence-corrected chi connectivity index (χ3v) is 3.17. The van der Waals surface area contributed by atoms with E-state index in [-0.39, 0.29) is 11.0 Å². The van der Waals surface area contributed by atoms with Gasteiger partial charge in [-0.1, -0.05) is 27.7 Å². The van der Waals surface area contributed by atoms with E-state index >= 15 is 0 Å². The molecule has 1 N–H and O–H groups in total. The zero-order valence-corrected chi connectivity index (χ0v) is 8.15. The van der Waals surface area contributed by atoms with E-state index in [4.69, 9.17) is 0 Å². The first-order valence-corrected chi connectivity index (χ1v) is 4.60. The molecule has 0 radical (unpaired) electrons. The lowest BCUT2D eigenvalue weighted by Crippen LogP contribution is -2.54. The summed E-state index contributed by atoms with van der Waals surface area (Å²) in [7, 11) is 0. The molecule has 11 heavy (non-hydrogen) atoms. The highest BCUT2D eigenvalue weighted by atomic mass is 16.3. The van der Waals surface area contributed by atoms with Gasteiger partial charge < -0.3 is 5.11 Å². The molecule has 1 unspecified atom stereocenters. The van der Waals surface area contributed by atoms with E-state index in [0.29, 0.717) is 5.92 Å². The molecule has 1 saturated carbocycles. The Kier molecular flexibility index (Phi) is 2.04. The molecule has 1 atom stereocenters. The van der Waals surface area contributed by atoms with Crippen molar-refractivity contribution >= 4 is 0 Å². The molecular formula is C10H20O. The monoisotopic (exact) mass is 156 g/mol. The zero-order valence-electron chi connectivity index (χ0n) is 8.15. The summed E-state index contributed by atoms with van der Waals surface area (Å²) in [6, 6.07) is 0. The molecule has 1 aliphatic rings.